The van der Waals surface area contributed by atoms with Crippen molar-refractivity contribution in [3.63, 3.8) is 0 Å². The van der Waals surface area contributed by atoms with Gasteiger partial charge in [-0.1, -0.05) is 24.3 Å². The summed E-state index contributed by atoms with van der Waals surface area (Å²) in [5, 5.41) is 13.1. The molecular formula is C15H21NO3. The Morgan fingerprint density at radius 1 is 1.37 bits per heavy atom. The second-order valence-electron chi connectivity index (χ2n) is 5.94. The van der Waals surface area contributed by atoms with Crippen molar-refractivity contribution in [3.8, 4) is 0 Å². The highest BCUT2D eigenvalue weighted by Crippen LogP contribution is 2.29. The smallest absolute Gasteiger partial charge is 0.407 e. The van der Waals surface area contributed by atoms with Crippen molar-refractivity contribution < 1.29 is 14.6 Å². The minimum absolute atomic E-state index is 0.287. The van der Waals surface area contributed by atoms with Gasteiger partial charge in [0.25, 0.3) is 0 Å². The Balaban J connectivity index is 2.02. The number of fused-ring (bicyclic) bond motifs is 1. The van der Waals surface area contributed by atoms with Crippen LogP contribution in [0.4, 0.5) is 4.79 Å². The molecule has 0 spiro atoms. The number of hydrogen-bond donors (Lipinski definition) is 2. The van der Waals surface area contributed by atoms with Gasteiger partial charge >= 0.3 is 6.09 Å². The van der Waals surface area contributed by atoms with Gasteiger partial charge in [-0.15, -0.1) is 0 Å². The first kappa shape index (κ1) is 13.9. The number of aryl methyl sites for hydroxylation is 1. The Morgan fingerprint density at radius 2 is 2.05 bits per heavy atom. The number of hydrogen-bond acceptors (Lipinski definition) is 3. The summed E-state index contributed by atoms with van der Waals surface area (Å²) in [5.41, 5.74) is 1.52. The van der Waals surface area contributed by atoms with Gasteiger partial charge in [-0.3, -0.25) is 0 Å². The van der Waals surface area contributed by atoms with Crippen LogP contribution >= 0.6 is 0 Å². The van der Waals surface area contributed by atoms with E-state index in [1.165, 1.54) is 0 Å². The van der Waals surface area contributed by atoms with Crippen LogP contribution in [0.2, 0.25) is 0 Å². The summed E-state index contributed by atoms with van der Waals surface area (Å²) >= 11 is 0. The normalized spacial score (nSPS) is 22.5. The first-order valence-electron chi connectivity index (χ1n) is 6.62. The highest BCUT2D eigenvalue weighted by Gasteiger charge is 2.30. The van der Waals surface area contributed by atoms with Gasteiger partial charge in [0.2, 0.25) is 0 Å². The van der Waals surface area contributed by atoms with Crippen LogP contribution < -0.4 is 5.32 Å². The Bertz CT molecular complexity index is 465. The molecule has 2 rings (SSSR count). The Labute approximate surface area is 113 Å². The summed E-state index contributed by atoms with van der Waals surface area (Å²) in [6, 6.07) is 7.50. The van der Waals surface area contributed by atoms with Crippen LogP contribution in [-0.4, -0.2) is 22.8 Å². The van der Waals surface area contributed by atoms with Gasteiger partial charge in [-0.05, 0) is 44.7 Å². The van der Waals surface area contributed by atoms with Crippen molar-refractivity contribution >= 4 is 6.09 Å². The van der Waals surface area contributed by atoms with E-state index in [9.17, 15) is 9.90 Å². The fraction of sp³-hybridized carbons (Fsp3) is 0.533. The van der Waals surface area contributed by atoms with Crippen molar-refractivity contribution in [1.29, 1.82) is 0 Å². The van der Waals surface area contributed by atoms with E-state index in [0.29, 0.717) is 0 Å². The molecule has 0 heterocycles. The molecule has 1 aliphatic carbocycles. The van der Waals surface area contributed by atoms with Gasteiger partial charge in [-0.25, -0.2) is 4.79 Å². The average molecular weight is 263 g/mol. The number of ether oxygens (including phenoxy) is 1. The molecule has 1 aliphatic rings. The molecule has 0 aliphatic heterocycles. The Hall–Kier alpha value is -1.55. The van der Waals surface area contributed by atoms with E-state index in [0.717, 1.165) is 24.0 Å². The number of rotatable bonds is 1. The number of benzene rings is 1. The summed E-state index contributed by atoms with van der Waals surface area (Å²) in [6.07, 6.45) is 0.430. The van der Waals surface area contributed by atoms with E-state index in [-0.39, 0.29) is 6.04 Å². The maximum Gasteiger partial charge on any atom is 0.407 e. The first-order chi connectivity index (χ1) is 8.87. The van der Waals surface area contributed by atoms with E-state index in [1.807, 2.05) is 45.0 Å². The summed E-state index contributed by atoms with van der Waals surface area (Å²) in [6.45, 7) is 5.46. The summed E-state index contributed by atoms with van der Waals surface area (Å²) in [4.78, 5) is 11.7. The number of alkyl carbamates (subject to hydrolysis) is 1. The predicted molar refractivity (Wildman–Crippen MR) is 72.9 cm³/mol. The van der Waals surface area contributed by atoms with Crippen molar-refractivity contribution in [1.82, 2.24) is 5.32 Å². The third-order valence-corrected chi connectivity index (χ3v) is 3.18. The zero-order valence-corrected chi connectivity index (χ0v) is 11.6. The van der Waals surface area contributed by atoms with E-state index >= 15 is 0 Å². The molecule has 0 bridgehead atoms. The molecule has 104 valence electrons. The highest BCUT2D eigenvalue weighted by molar-refractivity contribution is 5.68. The standard InChI is InChI=1S/C15H21NO3/c1-15(2,3)19-14(18)16-12-9-8-10-6-4-5-7-11(10)13(12)17/h4-7,12-13,17H,8-9H2,1-3H3,(H,16,18). The number of aliphatic hydroxyl groups excluding tert-OH is 1. The van der Waals surface area contributed by atoms with Crippen molar-refractivity contribution in [2.45, 2.75) is 51.4 Å². The predicted octanol–water partition coefficient (Wildman–Crippen LogP) is 2.56. The number of aliphatic hydroxyl groups is 1. The minimum Gasteiger partial charge on any atom is -0.444 e. The van der Waals surface area contributed by atoms with E-state index in [4.69, 9.17) is 4.74 Å². The second kappa shape index (κ2) is 5.21. The van der Waals surface area contributed by atoms with Gasteiger partial charge in [-0.2, -0.15) is 0 Å². The molecule has 19 heavy (non-hydrogen) atoms. The highest BCUT2D eigenvalue weighted by atomic mass is 16.6. The SMILES string of the molecule is CC(C)(C)OC(=O)NC1CCc2ccccc2C1O. The fourth-order valence-corrected chi connectivity index (χ4v) is 2.35. The molecule has 2 N–H and O–H groups in total. The van der Waals surface area contributed by atoms with E-state index < -0.39 is 17.8 Å². The van der Waals surface area contributed by atoms with Gasteiger partial charge < -0.3 is 15.2 Å². The zero-order valence-electron chi connectivity index (χ0n) is 11.6. The van der Waals surface area contributed by atoms with E-state index in [1.54, 1.807) is 0 Å². The maximum absolute atomic E-state index is 11.7. The van der Waals surface area contributed by atoms with Crippen LogP contribution in [-0.2, 0) is 11.2 Å². The van der Waals surface area contributed by atoms with Gasteiger partial charge in [0.05, 0.1) is 12.1 Å². The van der Waals surface area contributed by atoms with Crippen molar-refractivity contribution in [2.24, 2.45) is 0 Å². The Morgan fingerprint density at radius 3 is 2.74 bits per heavy atom. The lowest BCUT2D eigenvalue weighted by molar-refractivity contribution is 0.0401. The van der Waals surface area contributed by atoms with Crippen LogP contribution in [0.25, 0.3) is 0 Å². The number of carbonyl (C=O) groups excluding carboxylic acids is 1. The molecule has 1 aromatic rings. The molecule has 4 nitrogen and oxygen atoms in total. The van der Waals surface area contributed by atoms with Crippen LogP contribution in [0, 0.1) is 0 Å². The molecule has 0 aromatic heterocycles. The lowest BCUT2D eigenvalue weighted by Crippen LogP contribution is -2.44. The molecule has 1 amide bonds. The van der Waals surface area contributed by atoms with Crippen molar-refractivity contribution in [3.05, 3.63) is 35.4 Å². The van der Waals surface area contributed by atoms with Crippen molar-refractivity contribution in [2.75, 3.05) is 0 Å². The molecule has 0 radical (unpaired) electrons. The lowest BCUT2D eigenvalue weighted by Gasteiger charge is -2.31. The quantitative estimate of drug-likeness (QED) is 0.818. The molecule has 0 saturated carbocycles. The number of nitrogens with one attached hydrogen (secondary N) is 1. The topological polar surface area (TPSA) is 58.6 Å². The monoisotopic (exact) mass is 263 g/mol. The minimum atomic E-state index is -0.669. The fourth-order valence-electron chi connectivity index (χ4n) is 2.35. The molecule has 2 unspecified atom stereocenters. The van der Waals surface area contributed by atoms with Crippen LogP contribution in [0.1, 0.15) is 44.4 Å². The summed E-state index contributed by atoms with van der Waals surface area (Å²) in [5.74, 6) is 0. The van der Waals surface area contributed by atoms with Crippen LogP contribution in [0.5, 0.6) is 0 Å². The third-order valence-electron chi connectivity index (χ3n) is 3.18. The lowest BCUT2D eigenvalue weighted by atomic mass is 9.86. The maximum atomic E-state index is 11.7. The van der Waals surface area contributed by atoms with Crippen LogP contribution in [0.3, 0.4) is 0 Å². The summed E-state index contributed by atoms with van der Waals surface area (Å²) in [7, 11) is 0. The number of carbonyl (C=O) groups is 1. The van der Waals surface area contributed by atoms with Gasteiger partial charge in [0.15, 0.2) is 0 Å². The van der Waals surface area contributed by atoms with E-state index in [2.05, 4.69) is 5.32 Å². The van der Waals surface area contributed by atoms with Gasteiger partial charge in [0.1, 0.15) is 5.60 Å². The number of amides is 1. The zero-order chi connectivity index (χ0) is 14.0. The molecule has 4 heteroatoms. The first-order valence-corrected chi connectivity index (χ1v) is 6.62. The largest absolute Gasteiger partial charge is 0.444 e. The molecule has 1 aromatic carbocycles. The third kappa shape index (κ3) is 3.47. The molecular weight excluding hydrogens is 242 g/mol. The second-order valence-corrected chi connectivity index (χ2v) is 5.94. The van der Waals surface area contributed by atoms with Gasteiger partial charge in [0, 0.05) is 0 Å². The Kier molecular flexibility index (Phi) is 3.80. The average Bonchev–Trinajstić information content (AvgIpc) is 2.31. The molecule has 0 fully saturated rings. The molecule has 2 atom stereocenters. The van der Waals surface area contributed by atoms with Crippen LogP contribution in [0.15, 0.2) is 24.3 Å². The summed E-state index contributed by atoms with van der Waals surface area (Å²) < 4.78 is 5.22. The molecule has 0 saturated heterocycles.